The van der Waals surface area contributed by atoms with Gasteiger partial charge in [-0.25, -0.2) is 0 Å². The summed E-state index contributed by atoms with van der Waals surface area (Å²) in [5.41, 5.74) is -0.416. The molecule has 2 N–H and O–H groups in total. The van der Waals surface area contributed by atoms with E-state index in [0.717, 1.165) is 17.8 Å². The van der Waals surface area contributed by atoms with Gasteiger partial charge in [-0.2, -0.15) is 13.2 Å². The predicted molar refractivity (Wildman–Crippen MR) is 93.9 cm³/mol. The van der Waals surface area contributed by atoms with Crippen molar-refractivity contribution >= 4 is 29.1 Å². The number of rotatable bonds is 4. The highest BCUT2D eigenvalue weighted by Crippen LogP contribution is 2.34. The zero-order valence-electron chi connectivity index (χ0n) is 14.2. The quantitative estimate of drug-likeness (QED) is 0.661. The summed E-state index contributed by atoms with van der Waals surface area (Å²) in [5, 5.41) is 10.4. The standard InChI is InChI=1S/C16H14F3N5O2S/c1-8-9(2)24-14(21-13(8)26)22-23-15(24)27-7-12(25)20-11-6-4-3-5-10(11)16(17,18)19/h3-6H,7H2,1-2H3,(H,20,25)(H,21,22,26). The summed E-state index contributed by atoms with van der Waals surface area (Å²) in [7, 11) is 0. The fourth-order valence-corrected chi connectivity index (χ4v) is 3.21. The number of H-pyrrole nitrogens is 1. The lowest BCUT2D eigenvalue weighted by atomic mass is 10.1. The number of carbonyl (C=O) groups excluding carboxylic acids is 1. The molecule has 3 rings (SSSR count). The Morgan fingerprint density at radius 3 is 2.67 bits per heavy atom. The van der Waals surface area contributed by atoms with Crippen LogP contribution in [0, 0.1) is 13.8 Å². The average molecular weight is 397 g/mol. The SMILES string of the molecule is Cc1c(C)n2c(SCC(=O)Nc3ccccc3C(F)(F)F)nnc2[nH]c1=O. The predicted octanol–water partition coefficient (Wildman–Crippen LogP) is 2.78. The maximum Gasteiger partial charge on any atom is 0.418 e. The summed E-state index contributed by atoms with van der Waals surface area (Å²) in [6.45, 7) is 3.35. The van der Waals surface area contributed by atoms with Crippen LogP contribution in [0.1, 0.15) is 16.8 Å². The average Bonchev–Trinajstić information content (AvgIpc) is 3.00. The van der Waals surface area contributed by atoms with Crippen molar-refractivity contribution in [3.05, 3.63) is 51.4 Å². The lowest BCUT2D eigenvalue weighted by Crippen LogP contribution is -2.18. The first-order valence-electron chi connectivity index (χ1n) is 7.72. The van der Waals surface area contributed by atoms with Crippen LogP contribution in [0.25, 0.3) is 5.78 Å². The summed E-state index contributed by atoms with van der Waals surface area (Å²) in [5.74, 6) is -0.564. The summed E-state index contributed by atoms with van der Waals surface area (Å²) < 4.78 is 40.6. The van der Waals surface area contributed by atoms with Gasteiger partial charge >= 0.3 is 6.18 Å². The molecule has 11 heteroatoms. The van der Waals surface area contributed by atoms with E-state index in [0.29, 0.717) is 16.4 Å². The number of para-hydroxylation sites is 1. The molecule has 0 bridgehead atoms. The number of carbonyl (C=O) groups is 1. The number of nitrogens with zero attached hydrogens (tertiary/aromatic N) is 3. The Morgan fingerprint density at radius 2 is 1.96 bits per heavy atom. The lowest BCUT2D eigenvalue weighted by molar-refractivity contribution is -0.137. The number of nitrogens with one attached hydrogen (secondary N) is 2. The van der Waals surface area contributed by atoms with Gasteiger partial charge in [-0.3, -0.25) is 19.0 Å². The number of fused-ring (bicyclic) bond motifs is 1. The van der Waals surface area contributed by atoms with Crippen molar-refractivity contribution in [3.8, 4) is 0 Å². The fraction of sp³-hybridized carbons (Fsp3) is 0.250. The highest BCUT2D eigenvalue weighted by atomic mass is 32.2. The third-order valence-electron chi connectivity index (χ3n) is 3.92. The van der Waals surface area contributed by atoms with Crippen molar-refractivity contribution in [1.82, 2.24) is 19.6 Å². The second-order valence-electron chi connectivity index (χ2n) is 5.69. The number of anilines is 1. The van der Waals surface area contributed by atoms with Crippen LogP contribution >= 0.6 is 11.8 Å². The van der Waals surface area contributed by atoms with Crippen molar-refractivity contribution in [3.63, 3.8) is 0 Å². The molecule has 7 nitrogen and oxygen atoms in total. The van der Waals surface area contributed by atoms with Crippen LogP contribution in [0.15, 0.2) is 34.2 Å². The van der Waals surface area contributed by atoms with E-state index < -0.39 is 17.6 Å². The largest absolute Gasteiger partial charge is 0.418 e. The molecule has 0 atom stereocenters. The summed E-state index contributed by atoms with van der Waals surface area (Å²) in [6, 6.07) is 4.75. The van der Waals surface area contributed by atoms with Crippen LogP contribution in [-0.2, 0) is 11.0 Å². The van der Waals surface area contributed by atoms with Crippen LogP contribution in [0.4, 0.5) is 18.9 Å². The molecule has 1 amide bonds. The van der Waals surface area contributed by atoms with E-state index in [-0.39, 0.29) is 22.8 Å². The molecule has 2 aromatic heterocycles. The highest BCUT2D eigenvalue weighted by molar-refractivity contribution is 7.99. The number of aryl methyl sites for hydroxylation is 1. The molecule has 0 unspecified atom stereocenters. The van der Waals surface area contributed by atoms with E-state index in [1.165, 1.54) is 18.2 Å². The minimum absolute atomic E-state index is 0.176. The van der Waals surface area contributed by atoms with Crippen molar-refractivity contribution in [1.29, 1.82) is 0 Å². The van der Waals surface area contributed by atoms with Crippen LogP contribution in [-0.4, -0.2) is 31.2 Å². The van der Waals surface area contributed by atoms with Crippen molar-refractivity contribution in [2.45, 2.75) is 25.2 Å². The van der Waals surface area contributed by atoms with Crippen LogP contribution in [0.3, 0.4) is 0 Å². The molecule has 0 aliphatic rings. The van der Waals surface area contributed by atoms with E-state index >= 15 is 0 Å². The van der Waals surface area contributed by atoms with Gasteiger partial charge in [0.25, 0.3) is 5.56 Å². The van der Waals surface area contributed by atoms with Gasteiger partial charge in [-0.05, 0) is 26.0 Å². The molecular weight excluding hydrogens is 383 g/mol. The second kappa shape index (κ2) is 7.06. The Balaban J connectivity index is 1.77. The molecule has 27 heavy (non-hydrogen) atoms. The van der Waals surface area contributed by atoms with E-state index in [2.05, 4.69) is 20.5 Å². The fourth-order valence-electron chi connectivity index (χ4n) is 2.43. The van der Waals surface area contributed by atoms with Crippen LogP contribution in [0.5, 0.6) is 0 Å². The number of amides is 1. The van der Waals surface area contributed by atoms with Gasteiger partial charge in [0.05, 0.1) is 17.0 Å². The van der Waals surface area contributed by atoms with E-state index in [9.17, 15) is 22.8 Å². The number of benzene rings is 1. The van der Waals surface area contributed by atoms with Gasteiger partial charge in [-0.15, -0.1) is 10.2 Å². The topological polar surface area (TPSA) is 92.2 Å². The first-order valence-corrected chi connectivity index (χ1v) is 8.70. The van der Waals surface area contributed by atoms with Gasteiger partial charge in [0.2, 0.25) is 11.7 Å². The monoisotopic (exact) mass is 397 g/mol. The maximum atomic E-state index is 13.0. The van der Waals surface area contributed by atoms with Gasteiger partial charge in [0.1, 0.15) is 0 Å². The molecule has 0 radical (unpaired) electrons. The van der Waals surface area contributed by atoms with Crippen molar-refractivity contribution in [2.75, 3.05) is 11.1 Å². The summed E-state index contributed by atoms with van der Waals surface area (Å²) in [4.78, 5) is 26.4. The van der Waals surface area contributed by atoms with Gasteiger partial charge in [-0.1, -0.05) is 23.9 Å². The van der Waals surface area contributed by atoms with Crippen LogP contribution < -0.4 is 10.9 Å². The Labute approximate surface area is 155 Å². The minimum atomic E-state index is -4.57. The van der Waals surface area contributed by atoms with Crippen LogP contribution in [0.2, 0.25) is 0 Å². The molecule has 0 saturated heterocycles. The number of hydrogen-bond donors (Lipinski definition) is 2. The molecular formula is C16H14F3N5O2S. The molecule has 0 fully saturated rings. The Kier molecular flexibility index (Phi) is 4.96. The van der Waals surface area contributed by atoms with Crippen molar-refractivity contribution in [2.24, 2.45) is 0 Å². The van der Waals surface area contributed by atoms with E-state index in [1.807, 2.05) is 0 Å². The number of thioether (sulfide) groups is 1. The number of hydrogen-bond acceptors (Lipinski definition) is 5. The third kappa shape index (κ3) is 3.82. The molecule has 3 aromatic rings. The molecule has 1 aromatic carbocycles. The molecule has 142 valence electrons. The van der Waals surface area contributed by atoms with E-state index in [1.54, 1.807) is 18.2 Å². The zero-order valence-corrected chi connectivity index (χ0v) is 15.0. The number of aromatic amines is 1. The van der Waals surface area contributed by atoms with Gasteiger partial charge in [0.15, 0.2) is 5.16 Å². The molecule has 0 saturated carbocycles. The Hall–Kier alpha value is -2.82. The normalized spacial score (nSPS) is 11.7. The van der Waals surface area contributed by atoms with Crippen molar-refractivity contribution < 1.29 is 18.0 Å². The highest BCUT2D eigenvalue weighted by Gasteiger charge is 2.33. The first kappa shape index (κ1) is 19.0. The first-order chi connectivity index (χ1) is 12.7. The third-order valence-corrected chi connectivity index (χ3v) is 4.85. The van der Waals surface area contributed by atoms with Gasteiger partial charge < -0.3 is 5.32 Å². The number of aromatic nitrogens is 4. The summed E-state index contributed by atoms with van der Waals surface area (Å²) in [6.07, 6.45) is -4.57. The number of halogens is 3. The van der Waals surface area contributed by atoms with Gasteiger partial charge in [0, 0.05) is 11.3 Å². The molecule has 2 heterocycles. The summed E-state index contributed by atoms with van der Waals surface area (Å²) >= 11 is 1.00. The second-order valence-corrected chi connectivity index (χ2v) is 6.63. The molecule has 0 aliphatic carbocycles. The van der Waals surface area contributed by atoms with E-state index in [4.69, 9.17) is 0 Å². The molecule has 0 spiro atoms. The Bertz CT molecular complexity index is 1070. The maximum absolute atomic E-state index is 13.0. The smallest absolute Gasteiger partial charge is 0.325 e. The molecule has 0 aliphatic heterocycles. The Morgan fingerprint density at radius 1 is 1.26 bits per heavy atom. The number of alkyl halides is 3. The zero-order chi connectivity index (χ0) is 19.8. The minimum Gasteiger partial charge on any atom is -0.325 e. The lowest BCUT2D eigenvalue weighted by Gasteiger charge is -2.13.